The second-order valence-electron chi connectivity index (χ2n) is 6.85. The van der Waals surface area contributed by atoms with Gasteiger partial charge in [0.1, 0.15) is 5.82 Å². The summed E-state index contributed by atoms with van der Waals surface area (Å²) in [7, 11) is 4.14. The normalized spacial score (nSPS) is 17.9. The molecule has 0 unspecified atom stereocenters. The number of hydrogen-bond donors (Lipinski definition) is 0. The van der Waals surface area contributed by atoms with Crippen LogP contribution in [0.5, 0.6) is 0 Å². The van der Waals surface area contributed by atoms with Crippen LogP contribution in [0.25, 0.3) is 0 Å². The largest absolute Gasteiger partial charge is 0.338 e. The average molecular weight is 361 g/mol. The molecule has 134 valence electrons. The summed E-state index contributed by atoms with van der Waals surface area (Å²) in [6.07, 6.45) is 5.94. The minimum Gasteiger partial charge on any atom is -0.338 e. The van der Waals surface area contributed by atoms with Gasteiger partial charge in [0.25, 0.3) is 5.91 Å². The molecule has 0 radical (unpaired) electrons. The van der Waals surface area contributed by atoms with Gasteiger partial charge in [0.05, 0.1) is 10.6 Å². The van der Waals surface area contributed by atoms with E-state index in [2.05, 4.69) is 28.5 Å². The molecule has 0 aliphatic carbocycles. The van der Waals surface area contributed by atoms with E-state index in [1.807, 2.05) is 29.4 Å². The summed E-state index contributed by atoms with van der Waals surface area (Å²) in [5.41, 5.74) is 0.584. The predicted octanol–water partition coefficient (Wildman–Crippen LogP) is 3.12. The molecule has 6 heteroatoms. The maximum atomic E-state index is 12.8. The van der Waals surface area contributed by atoms with Gasteiger partial charge in [-0.15, -0.1) is 0 Å². The van der Waals surface area contributed by atoms with Crippen LogP contribution in [0.3, 0.4) is 0 Å². The number of likely N-dealkylation sites (tertiary alicyclic amines) is 1. The molecule has 1 aliphatic rings. The van der Waals surface area contributed by atoms with Crippen LogP contribution in [0.15, 0.2) is 36.7 Å². The van der Waals surface area contributed by atoms with E-state index in [1.54, 1.807) is 12.1 Å². The zero-order valence-corrected chi connectivity index (χ0v) is 15.6. The summed E-state index contributed by atoms with van der Waals surface area (Å²) in [6.45, 7) is 3.36. The molecule has 1 aliphatic heterocycles. The number of benzene rings is 1. The van der Waals surface area contributed by atoms with Crippen LogP contribution in [0, 0.1) is 0 Å². The SMILES string of the molecule is CN(C)CCn1ccnc1[C@@H]1CCCN(C(=O)c2ccccc2Cl)C1. The predicted molar refractivity (Wildman–Crippen MR) is 100 cm³/mol. The molecule has 0 bridgehead atoms. The molecule has 0 N–H and O–H groups in total. The van der Waals surface area contributed by atoms with Gasteiger partial charge in [0.15, 0.2) is 0 Å². The molecule has 2 heterocycles. The first-order chi connectivity index (χ1) is 12.1. The van der Waals surface area contributed by atoms with Crippen molar-refractivity contribution in [3.63, 3.8) is 0 Å². The van der Waals surface area contributed by atoms with Crippen molar-refractivity contribution < 1.29 is 4.79 Å². The average Bonchev–Trinajstić information content (AvgIpc) is 3.08. The summed E-state index contributed by atoms with van der Waals surface area (Å²) < 4.78 is 2.22. The maximum Gasteiger partial charge on any atom is 0.255 e. The maximum absolute atomic E-state index is 12.8. The fourth-order valence-electron chi connectivity index (χ4n) is 3.35. The Morgan fingerprint density at radius 3 is 2.92 bits per heavy atom. The first-order valence-electron chi connectivity index (χ1n) is 8.76. The Labute approximate surface area is 154 Å². The zero-order chi connectivity index (χ0) is 17.8. The number of amides is 1. The second-order valence-corrected chi connectivity index (χ2v) is 7.26. The fraction of sp³-hybridized carbons (Fsp3) is 0.474. The van der Waals surface area contributed by atoms with Crippen LogP contribution in [0.2, 0.25) is 5.02 Å². The molecule has 0 saturated carbocycles. The van der Waals surface area contributed by atoms with Gasteiger partial charge in [-0.2, -0.15) is 0 Å². The van der Waals surface area contributed by atoms with Crippen molar-refractivity contribution in [1.82, 2.24) is 19.4 Å². The van der Waals surface area contributed by atoms with E-state index in [-0.39, 0.29) is 11.8 Å². The Bertz CT molecular complexity index is 728. The van der Waals surface area contributed by atoms with Crippen LogP contribution in [-0.4, -0.2) is 59.0 Å². The van der Waals surface area contributed by atoms with Crippen molar-refractivity contribution in [2.75, 3.05) is 33.7 Å². The highest BCUT2D eigenvalue weighted by atomic mass is 35.5. The Morgan fingerprint density at radius 1 is 1.36 bits per heavy atom. The molecule has 25 heavy (non-hydrogen) atoms. The summed E-state index contributed by atoms with van der Waals surface area (Å²) in [5.74, 6) is 1.37. The van der Waals surface area contributed by atoms with Crippen molar-refractivity contribution in [2.24, 2.45) is 0 Å². The van der Waals surface area contributed by atoms with Gasteiger partial charge in [-0.25, -0.2) is 4.98 Å². The van der Waals surface area contributed by atoms with Crippen LogP contribution >= 0.6 is 11.6 Å². The van der Waals surface area contributed by atoms with E-state index in [0.717, 1.165) is 38.3 Å². The second kappa shape index (κ2) is 8.02. The summed E-state index contributed by atoms with van der Waals surface area (Å²) in [4.78, 5) is 21.5. The highest BCUT2D eigenvalue weighted by Gasteiger charge is 2.28. The highest BCUT2D eigenvalue weighted by Crippen LogP contribution is 2.28. The quantitative estimate of drug-likeness (QED) is 0.822. The van der Waals surface area contributed by atoms with E-state index >= 15 is 0 Å². The smallest absolute Gasteiger partial charge is 0.255 e. The van der Waals surface area contributed by atoms with Crippen molar-refractivity contribution in [3.05, 3.63) is 53.1 Å². The number of imidazole rings is 1. The van der Waals surface area contributed by atoms with E-state index in [4.69, 9.17) is 11.6 Å². The Kier molecular flexibility index (Phi) is 5.76. The van der Waals surface area contributed by atoms with E-state index in [1.165, 1.54) is 0 Å². The van der Waals surface area contributed by atoms with E-state index < -0.39 is 0 Å². The molecular weight excluding hydrogens is 336 g/mol. The minimum absolute atomic E-state index is 0.0155. The van der Waals surface area contributed by atoms with Crippen LogP contribution in [0.1, 0.15) is 34.9 Å². The number of nitrogens with zero attached hydrogens (tertiary/aromatic N) is 4. The molecule has 1 atom stereocenters. The Balaban J connectivity index is 1.73. The Morgan fingerprint density at radius 2 is 2.16 bits per heavy atom. The lowest BCUT2D eigenvalue weighted by Gasteiger charge is -2.33. The van der Waals surface area contributed by atoms with Gasteiger partial charge in [0.2, 0.25) is 0 Å². The summed E-state index contributed by atoms with van der Waals surface area (Å²) in [5, 5.41) is 0.516. The molecule has 2 aromatic rings. The number of carbonyl (C=O) groups excluding carboxylic acids is 1. The standard InChI is InChI=1S/C19H25ClN4O/c1-22(2)12-13-23-11-9-21-18(23)15-6-5-10-24(14-15)19(25)16-7-3-4-8-17(16)20/h3-4,7-9,11,15H,5-6,10,12-14H2,1-2H3/t15-/m1/s1. The highest BCUT2D eigenvalue weighted by molar-refractivity contribution is 6.33. The van der Waals surface area contributed by atoms with Gasteiger partial charge in [-0.05, 0) is 39.1 Å². The van der Waals surface area contributed by atoms with Crippen molar-refractivity contribution in [2.45, 2.75) is 25.3 Å². The van der Waals surface area contributed by atoms with E-state index in [0.29, 0.717) is 17.1 Å². The first-order valence-corrected chi connectivity index (χ1v) is 9.13. The fourth-order valence-corrected chi connectivity index (χ4v) is 3.57. The molecule has 1 aromatic carbocycles. The lowest BCUT2D eigenvalue weighted by atomic mass is 9.96. The lowest BCUT2D eigenvalue weighted by molar-refractivity contribution is 0.0703. The number of piperidine rings is 1. The number of carbonyl (C=O) groups is 1. The topological polar surface area (TPSA) is 41.4 Å². The monoisotopic (exact) mass is 360 g/mol. The van der Waals surface area contributed by atoms with Crippen LogP contribution in [-0.2, 0) is 6.54 Å². The van der Waals surface area contributed by atoms with Gasteiger partial charge in [-0.3, -0.25) is 4.79 Å². The zero-order valence-electron chi connectivity index (χ0n) is 14.9. The lowest BCUT2D eigenvalue weighted by Crippen LogP contribution is -2.40. The van der Waals surface area contributed by atoms with Crippen molar-refractivity contribution >= 4 is 17.5 Å². The minimum atomic E-state index is 0.0155. The number of rotatable bonds is 5. The summed E-state index contributed by atoms with van der Waals surface area (Å²) >= 11 is 6.20. The molecule has 5 nitrogen and oxygen atoms in total. The number of likely N-dealkylation sites (N-methyl/N-ethyl adjacent to an activating group) is 1. The third-order valence-corrected chi connectivity index (χ3v) is 5.04. The molecule has 0 spiro atoms. The third-order valence-electron chi connectivity index (χ3n) is 4.71. The summed E-state index contributed by atoms with van der Waals surface area (Å²) in [6, 6.07) is 7.27. The first kappa shape index (κ1) is 18.0. The van der Waals surface area contributed by atoms with Crippen molar-refractivity contribution in [3.8, 4) is 0 Å². The van der Waals surface area contributed by atoms with Gasteiger partial charge < -0.3 is 14.4 Å². The number of aromatic nitrogens is 2. The molecule has 1 saturated heterocycles. The number of halogens is 1. The molecule has 3 rings (SSSR count). The molecular formula is C19H25ClN4O. The van der Waals surface area contributed by atoms with Crippen LogP contribution in [0.4, 0.5) is 0 Å². The van der Waals surface area contributed by atoms with Gasteiger partial charge in [0, 0.05) is 44.5 Å². The van der Waals surface area contributed by atoms with E-state index in [9.17, 15) is 4.79 Å². The number of hydrogen-bond acceptors (Lipinski definition) is 3. The van der Waals surface area contributed by atoms with Gasteiger partial charge >= 0.3 is 0 Å². The molecule has 1 amide bonds. The molecule has 1 fully saturated rings. The third kappa shape index (κ3) is 4.22. The van der Waals surface area contributed by atoms with Crippen LogP contribution < -0.4 is 0 Å². The van der Waals surface area contributed by atoms with Crippen molar-refractivity contribution in [1.29, 1.82) is 0 Å². The van der Waals surface area contributed by atoms with Gasteiger partial charge in [-0.1, -0.05) is 23.7 Å². The molecule has 1 aromatic heterocycles. The Hall–Kier alpha value is -1.85.